The van der Waals surface area contributed by atoms with Crippen LogP contribution in [0.4, 0.5) is 0 Å². The van der Waals surface area contributed by atoms with Crippen molar-refractivity contribution in [2.24, 2.45) is 11.8 Å². The van der Waals surface area contributed by atoms with Crippen LogP contribution in [0.3, 0.4) is 0 Å². The summed E-state index contributed by atoms with van der Waals surface area (Å²) in [7, 11) is -3.04. The van der Waals surface area contributed by atoms with E-state index in [2.05, 4.69) is 26.1 Å². The van der Waals surface area contributed by atoms with Gasteiger partial charge >= 0.3 is 0 Å². The van der Waals surface area contributed by atoms with E-state index in [0.29, 0.717) is 31.5 Å². The molecule has 5 heteroatoms. The Labute approximate surface area is 99.5 Å². The predicted octanol–water partition coefficient (Wildman–Crippen LogP) is 0.904. The first kappa shape index (κ1) is 13.9. The minimum atomic E-state index is -3.04. The van der Waals surface area contributed by atoms with Crippen molar-refractivity contribution < 1.29 is 8.42 Å². The van der Waals surface area contributed by atoms with Crippen LogP contribution in [0.25, 0.3) is 0 Å². The number of hydrogen-bond donors (Lipinski definition) is 1. The van der Waals surface area contributed by atoms with Crippen LogP contribution in [0.15, 0.2) is 0 Å². The maximum Gasteiger partial charge on any atom is 0.215 e. The Morgan fingerprint density at radius 2 is 1.75 bits per heavy atom. The molecule has 0 bridgehead atoms. The SMILES string of the molecule is CCCNCCS(=O)(=O)N1CC(C)C(C)C1. The number of nitrogens with zero attached hydrogens (tertiary/aromatic N) is 1. The van der Waals surface area contributed by atoms with Gasteiger partial charge in [-0.2, -0.15) is 0 Å². The molecule has 0 aliphatic carbocycles. The van der Waals surface area contributed by atoms with Crippen LogP contribution >= 0.6 is 0 Å². The van der Waals surface area contributed by atoms with Crippen molar-refractivity contribution in [1.82, 2.24) is 9.62 Å². The van der Waals surface area contributed by atoms with Gasteiger partial charge in [0, 0.05) is 19.6 Å². The smallest absolute Gasteiger partial charge is 0.215 e. The largest absolute Gasteiger partial charge is 0.316 e. The molecule has 0 saturated carbocycles. The molecule has 2 unspecified atom stereocenters. The molecule has 2 atom stereocenters. The molecular formula is C11H24N2O2S. The van der Waals surface area contributed by atoms with Gasteiger partial charge < -0.3 is 5.32 Å². The first-order valence-electron chi connectivity index (χ1n) is 6.16. The van der Waals surface area contributed by atoms with Crippen LogP contribution in [-0.4, -0.2) is 44.7 Å². The van der Waals surface area contributed by atoms with Gasteiger partial charge in [-0.15, -0.1) is 0 Å². The van der Waals surface area contributed by atoms with Crippen molar-refractivity contribution >= 4 is 10.0 Å². The zero-order valence-corrected chi connectivity index (χ0v) is 11.4. The molecule has 0 aromatic heterocycles. The van der Waals surface area contributed by atoms with Crippen LogP contribution in [0, 0.1) is 11.8 Å². The number of rotatable bonds is 6. The number of nitrogens with one attached hydrogen (secondary N) is 1. The molecule has 0 aromatic carbocycles. The average Bonchev–Trinajstić information content (AvgIpc) is 2.55. The molecule has 0 aromatic rings. The second kappa shape index (κ2) is 5.98. The van der Waals surface area contributed by atoms with Gasteiger partial charge in [0.05, 0.1) is 5.75 Å². The average molecular weight is 248 g/mol. The minimum Gasteiger partial charge on any atom is -0.316 e. The highest BCUT2D eigenvalue weighted by Crippen LogP contribution is 2.24. The molecule has 1 rings (SSSR count). The minimum absolute atomic E-state index is 0.229. The van der Waals surface area contributed by atoms with Crippen molar-refractivity contribution in [2.45, 2.75) is 27.2 Å². The predicted molar refractivity (Wildman–Crippen MR) is 66.8 cm³/mol. The summed E-state index contributed by atoms with van der Waals surface area (Å²) in [6, 6.07) is 0. The third-order valence-electron chi connectivity index (χ3n) is 3.31. The molecule has 1 aliphatic heterocycles. The molecule has 16 heavy (non-hydrogen) atoms. The van der Waals surface area contributed by atoms with E-state index in [1.165, 1.54) is 0 Å². The Bertz CT molecular complexity index is 293. The fraction of sp³-hybridized carbons (Fsp3) is 1.00. The summed E-state index contributed by atoms with van der Waals surface area (Å²) >= 11 is 0. The first-order chi connectivity index (χ1) is 7.47. The van der Waals surface area contributed by atoms with Crippen LogP contribution in [0.2, 0.25) is 0 Å². The van der Waals surface area contributed by atoms with E-state index in [-0.39, 0.29) is 5.75 Å². The Hall–Kier alpha value is -0.130. The molecule has 1 aliphatic rings. The number of sulfonamides is 1. The molecule has 1 saturated heterocycles. The second-order valence-electron chi connectivity index (χ2n) is 4.84. The van der Waals surface area contributed by atoms with Gasteiger partial charge in [-0.25, -0.2) is 12.7 Å². The summed E-state index contributed by atoms with van der Waals surface area (Å²) in [5, 5.41) is 3.13. The summed E-state index contributed by atoms with van der Waals surface area (Å²) in [6.45, 7) is 9.16. The Morgan fingerprint density at radius 1 is 1.19 bits per heavy atom. The lowest BCUT2D eigenvalue weighted by Gasteiger charge is -2.16. The maximum absolute atomic E-state index is 12.0. The van der Waals surface area contributed by atoms with E-state index in [0.717, 1.165) is 13.0 Å². The summed E-state index contributed by atoms with van der Waals surface area (Å²) in [6.07, 6.45) is 1.04. The van der Waals surface area contributed by atoms with Crippen LogP contribution in [-0.2, 0) is 10.0 Å². The zero-order valence-electron chi connectivity index (χ0n) is 10.6. The summed E-state index contributed by atoms with van der Waals surface area (Å²) in [4.78, 5) is 0. The molecule has 0 amide bonds. The summed E-state index contributed by atoms with van der Waals surface area (Å²) < 4.78 is 25.6. The van der Waals surface area contributed by atoms with Crippen molar-refractivity contribution in [3.05, 3.63) is 0 Å². The molecular weight excluding hydrogens is 224 g/mol. The van der Waals surface area contributed by atoms with E-state index in [9.17, 15) is 8.42 Å². The van der Waals surface area contributed by atoms with Gasteiger partial charge in [0.1, 0.15) is 0 Å². The van der Waals surface area contributed by atoms with Crippen LogP contribution in [0.1, 0.15) is 27.2 Å². The van der Waals surface area contributed by atoms with Gasteiger partial charge in [-0.1, -0.05) is 20.8 Å². The van der Waals surface area contributed by atoms with Gasteiger partial charge in [-0.3, -0.25) is 0 Å². The van der Waals surface area contributed by atoms with E-state index in [1.54, 1.807) is 4.31 Å². The highest BCUT2D eigenvalue weighted by Gasteiger charge is 2.33. The molecule has 96 valence electrons. The van der Waals surface area contributed by atoms with Crippen LogP contribution < -0.4 is 5.32 Å². The van der Waals surface area contributed by atoms with E-state index >= 15 is 0 Å². The quantitative estimate of drug-likeness (QED) is 0.711. The Balaban J connectivity index is 2.40. The highest BCUT2D eigenvalue weighted by molar-refractivity contribution is 7.89. The van der Waals surface area contributed by atoms with Gasteiger partial charge in [0.2, 0.25) is 10.0 Å². The monoisotopic (exact) mass is 248 g/mol. The fourth-order valence-corrected chi connectivity index (χ4v) is 3.52. The van der Waals surface area contributed by atoms with Gasteiger partial charge in [-0.05, 0) is 24.8 Å². The van der Waals surface area contributed by atoms with E-state index in [4.69, 9.17) is 0 Å². The normalized spacial score (nSPS) is 27.4. The van der Waals surface area contributed by atoms with Crippen molar-refractivity contribution in [1.29, 1.82) is 0 Å². The highest BCUT2D eigenvalue weighted by atomic mass is 32.2. The van der Waals surface area contributed by atoms with Gasteiger partial charge in [0.25, 0.3) is 0 Å². The fourth-order valence-electron chi connectivity index (χ4n) is 1.94. The standard InChI is InChI=1S/C11H24N2O2S/c1-4-5-12-6-7-16(14,15)13-8-10(2)11(3)9-13/h10-12H,4-9H2,1-3H3. The van der Waals surface area contributed by atoms with Crippen molar-refractivity contribution in [2.75, 3.05) is 31.9 Å². The van der Waals surface area contributed by atoms with E-state index < -0.39 is 10.0 Å². The zero-order chi connectivity index (χ0) is 12.2. The molecule has 1 N–H and O–H groups in total. The Morgan fingerprint density at radius 3 is 2.25 bits per heavy atom. The lowest BCUT2D eigenvalue weighted by atomic mass is 10.0. The lowest BCUT2D eigenvalue weighted by molar-refractivity contribution is 0.461. The summed E-state index contributed by atoms with van der Waals surface area (Å²) in [5.74, 6) is 1.20. The topological polar surface area (TPSA) is 49.4 Å². The third kappa shape index (κ3) is 3.71. The summed E-state index contributed by atoms with van der Waals surface area (Å²) in [5.41, 5.74) is 0. The molecule has 0 spiro atoms. The molecule has 0 radical (unpaired) electrons. The van der Waals surface area contributed by atoms with E-state index in [1.807, 2.05) is 0 Å². The van der Waals surface area contributed by atoms with Crippen molar-refractivity contribution in [3.8, 4) is 0 Å². The number of hydrogen-bond acceptors (Lipinski definition) is 3. The molecule has 1 fully saturated rings. The lowest BCUT2D eigenvalue weighted by Crippen LogP contribution is -2.35. The van der Waals surface area contributed by atoms with Crippen molar-refractivity contribution in [3.63, 3.8) is 0 Å². The van der Waals surface area contributed by atoms with Gasteiger partial charge in [0.15, 0.2) is 0 Å². The Kier molecular flexibility index (Phi) is 5.21. The van der Waals surface area contributed by atoms with Crippen LogP contribution in [0.5, 0.6) is 0 Å². The second-order valence-corrected chi connectivity index (χ2v) is 6.93. The third-order valence-corrected chi connectivity index (χ3v) is 5.12. The first-order valence-corrected chi connectivity index (χ1v) is 7.76. The molecule has 1 heterocycles. The molecule has 4 nitrogen and oxygen atoms in total. The maximum atomic E-state index is 12.0.